The molecule has 0 unspecified atom stereocenters. The Kier molecular flexibility index (Phi) is 2.71. The Morgan fingerprint density at radius 3 is 2.38 bits per heavy atom. The monoisotopic (exact) mass is 209 g/mol. The fourth-order valence-corrected chi connectivity index (χ4v) is 1.12. The van der Waals surface area contributed by atoms with Crippen LogP contribution in [0.4, 0.5) is 18.9 Å². The van der Waals surface area contributed by atoms with E-state index in [-0.39, 0.29) is 5.02 Å². The average molecular weight is 210 g/mol. The van der Waals surface area contributed by atoms with Crippen molar-refractivity contribution in [2.24, 2.45) is 0 Å². The molecule has 0 fully saturated rings. The van der Waals surface area contributed by atoms with Crippen LogP contribution in [-0.2, 0) is 6.18 Å². The molecule has 1 N–H and O–H groups in total. The van der Waals surface area contributed by atoms with Gasteiger partial charge in [0.15, 0.2) is 0 Å². The van der Waals surface area contributed by atoms with Crippen LogP contribution in [-0.4, -0.2) is 7.05 Å². The van der Waals surface area contributed by atoms with Crippen LogP contribution in [0.2, 0.25) is 5.02 Å². The van der Waals surface area contributed by atoms with Crippen molar-refractivity contribution in [2.45, 2.75) is 6.18 Å². The highest BCUT2D eigenvalue weighted by molar-refractivity contribution is 6.31. The van der Waals surface area contributed by atoms with Crippen LogP contribution in [0.3, 0.4) is 0 Å². The van der Waals surface area contributed by atoms with Gasteiger partial charge in [-0.05, 0) is 18.2 Å². The predicted molar refractivity (Wildman–Crippen MR) is 46.0 cm³/mol. The number of halogens is 4. The lowest BCUT2D eigenvalue weighted by atomic mass is 10.2. The molecule has 0 spiro atoms. The highest BCUT2D eigenvalue weighted by Crippen LogP contribution is 2.35. The number of rotatable bonds is 1. The molecule has 0 aromatic heterocycles. The van der Waals surface area contributed by atoms with Gasteiger partial charge in [-0.15, -0.1) is 0 Å². The maximum Gasteiger partial charge on any atom is 0.417 e. The molecule has 1 aromatic rings. The average Bonchev–Trinajstić information content (AvgIpc) is 2.03. The summed E-state index contributed by atoms with van der Waals surface area (Å²) in [5.74, 6) is 0. The second kappa shape index (κ2) is 3.46. The minimum atomic E-state index is -4.40. The molecule has 0 radical (unpaired) electrons. The van der Waals surface area contributed by atoms with Crippen molar-refractivity contribution in [1.29, 1.82) is 0 Å². The van der Waals surface area contributed by atoms with Gasteiger partial charge >= 0.3 is 6.18 Å². The molecule has 72 valence electrons. The van der Waals surface area contributed by atoms with Crippen molar-refractivity contribution in [3.05, 3.63) is 28.8 Å². The highest BCUT2D eigenvalue weighted by atomic mass is 35.5. The molecule has 0 amide bonds. The normalized spacial score (nSPS) is 11.5. The first-order valence-corrected chi connectivity index (χ1v) is 3.87. The summed E-state index contributed by atoms with van der Waals surface area (Å²) in [6.45, 7) is 0. The van der Waals surface area contributed by atoms with E-state index in [4.69, 9.17) is 11.6 Å². The summed E-state index contributed by atoms with van der Waals surface area (Å²) in [5.41, 5.74) is -0.433. The van der Waals surface area contributed by atoms with E-state index >= 15 is 0 Å². The van der Waals surface area contributed by atoms with Crippen molar-refractivity contribution in [1.82, 2.24) is 0 Å². The van der Waals surface area contributed by atoms with Crippen LogP contribution in [0, 0.1) is 0 Å². The standard InChI is InChI=1S/C8H7ClF3N/c1-13-5-2-3-7(9)6(4-5)8(10,11)12/h2-4,13H,1H3. The lowest BCUT2D eigenvalue weighted by molar-refractivity contribution is -0.137. The molecule has 1 aromatic carbocycles. The maximum absolute atomic E-state index is 12.3. The summed E-state index contributed by atoms with van der Waals surface area (Å²) >= 11 is 5.39. The van der Waals surface area contributed by atoms with Gasteiger partial charge in [0, 0.05) is 12.7 Å². The van der Waals surface area contributed by atoms with Gasteiger partial charge in [0.1, 0.15) is 0 Å². The van der Waals surface area contributed by atoms with Gasteiger partial charge in [-0.25, -0.2) is 0 Å². The summed E-state index contributed by atoms with van der Waals surface area (Å²) in [6.07, 6.45) is -4.40. The Balaban J connectivity index is 3.19. The third kappa shape index (κ3) is 2.28. The lowest BCUT2D eigenvalue weighted by Crippen LogP contribution is -2.06. The second-order valence-electron chi connectivity index (χ2n) is 2.44. The molecular formula is C8H7ClF3N. The molecule has 0 heterocycles. The van der Waals surface area contributed by atoms with Gasteiger partial charge in [0.25, 0.3) is 0 Å². The first-order valence-electron chi connectivity index (χ1n) is 3.49. The van der Waals surface area contributed by atoms with Crippen molar-refractivity contribution in [3.63, 3.8) is 0 Å². The molecule has 1 nitrogen and oxygen atoms in total. The zero-order chi connectivity index (χ0) is 10.1. The van der Waals surface area contributed by atoms with E-state index in [9.17, 15) is 13.2 Å². The minimum absolute atomic E-state index is 0.286. The van der Waals surface area contributed by atoms with E-state index in [0.29, 0.717) is 5.69 Å². The Labute approximate surface area is 78.5 Å². The zero-order valence-corrected chi connectivity index (χ0v) is 7.50. The molecular weight excluding hydrogens is 203 g/mol. The molecule has 0 aliphatic rings. The molecule has 0 aliphatic heterocycles. The molecule has 0 saturated heterocycles. The van der Waals surface area contributed by atoms with Crippen LogP contribution in [0.1, 0.15) is 5.56 Å². The van der Waals surface area contributed by atoms with E-state index in [2.05, 4.69) is 5.32 Å². The second-order valence-corrected chi connectivity index (χ2v) is 2.85. The quantitative estimate of drug-likeness (QED) is 0.748. The molecule has 0 bridgehead atoms. The number of benzene rings is 1. The Morgan fingerprint density at radius 1 is 1.31 bits per heavy atom. The third-order valence-electron chi connectivity index (χ3n) is 1.56. The van der Waals surface area contributed by atoms with Crippen LogP contribution in [0.25, 0.3) is 0 Å². The SMILES string of the molecule is CNc1ccc(Cl)c(C(F)(F)F)c1. The minimum Gasteiger partial charge on any atom is -0.388 e. The van der Waals surface area contributed by atoms with Gasteiger partial charge in [0.2, 0.25) is 0 Å². The zero-order valence-electron chi connectivity index (χ0n) is 6.74. The fourth-order valence-electron chi connectivity index (χ4n) is 0.898. The van der Waals surface area contributed by atoms with E-state index in [1.807, 2.05) is 0 Å². The highest BCUT2D eigenvalue weighted by Gasteiger charge is 2.33. The Morgan fingerprint density at radius 2 is 1.92 bits per heavy atom. The number of hydrogen-bond donors (Lipinski definition) is 1. The van der Waals surface area contributed by atoms with Gasteiger partial charge in [0.05, 0.1) is 10.6 Å². The van der Waals surface area contributed by atoms with Gasteiger partial charge in [-0.1, -0.05) is 11.6 Å². The molecule has 0 saturated carbocycles. The number of hydrogen-bond acceptors (Lipinski definition) is 1. The molecule has 1 rings (SSSR count). The van der Waals surface area contributed by atoms with Crippen LogP contribution >= 0.6 is 11.6 Å². The number of anilines is 1. The summed E-state index contributed by atoms with van der Waals surface area (Å²) < 4.78 is 36.8. The predicted octanol–water partition coefficient (Wildman–Crippen LogP) is 3.40. The Hall–Kier alpha value is -0.900. The summed E-state index contributed by atoms with van der Waals surface area (Å²) in [5, 5.41) is 2.32. The summed E-state index contributed by atoms with van der Waals surface area (Å²) in [7, 11) is 1.55. The summed E-state index contributed by atoms with van der Waals surface area (Å²) in [4.78, 5) is 0. The van der Waals surface area contributed by atoms with E-state index in [1.165, 1.54) is 12.1 Å². The van der Waals surface area contributed by atoms with Crippen LogP contribution in [0.15, 0.2) is 18.2 Å². The molecule has 13 heavy (non-hydrogen) atoms. The first kappa shape index (κ1) is 10.2. The van der Waals surface area contributed by atoms with E-state index in [1.54, 1.807) is 7.05 Å². The van der Waals surface area contributed by atoms with Gasteiger partial charge in [-0.2, -0.15) is 13.2 Å². The Bertz CT molecular complexity index is 309. The molecule has 0 aliphatic carbocycles. The first-order chi connectivity index (χ1) is 5.95. The van der Waals surface area contributed by atoms with Gasteiger partial charge < -0.3 is 5.32 Å². The maximum atomic E-state index is 12.3. The fraction of sp³-hybridized carbons (Fsp3) is 0.250. The van der Waals surface area contributed by atoms with Crippen molar-refractivity contribution < 1.29 is 13.2 Å². The van der Waals surface area contributed by atoms with Crippen molar-refractivity contribution in [2.75, 3.05) is 12.4 Å². The lowest BCUT2D eigenvalue weighted by Gasteiger charge is -2.10. The van der Waals surface area contributed by atoms with E-state index < -0.39 is 11.7 Å². The van der Waals surface area contributed by atoms with Crippen molar-refractivity contribution in [3.8, 4) is 0 Å². The largest absolute Gasteiger partial charge is 0.417 e. The van der Waals surface area contributed by atoms with Crippen LogP contribution in [0.5, 0.6) is 0 Å². The smallest absolute Gasteiger partial charge is 0.388 e. The molecule has 5 heteroatoms. The summed E-state index contributed by atoms with van der Waals surface area (Å²) in [6, 6.07) is 3.68. The third-order valence-corrected chi connectivity index (χ3v) is 1.89. The van der Waals surface area contributed by atoms with E-state index in [0.717, 1.165) is 6.07 Å². The molecule has 0 atom stereocenters. The number of alkyl halides is 3. The van der Waals surface area contributed by atoms with Crippen molar-refractivity contribution >= 4 is 17.3 Å². The van der Waals surface area contributed by atoms with Crippen LogP contribution < -0.4 is 5.32 Å². The van der Waals surface area contributed by atoms with Gasteiger partial charge in [-0.3, -0.25) is 0 Å². The topological polar surface area (TPSA) is 12.0 Å². The number of nitrogens with one attached hydrogen (secondary N) is 1.